The molecule has 0 saturated carbocycles. The molecule has 1 aliphatic heterocycles. The number of halogens is 2. The van der Waals surface area contributed by atoms with Gasteiger partial charge in [0.15, 0.2) is 0 Å². The number of nitrogen functional groups attached to an aromatic ring is 1. The molecule has 0 aliphatic carbocycles. The summed E-state index contributed by atoms with van der Waals surface area (Å²) < 4.78 is 0. The average Bonchev–Trinajstić information content (AvgIpc) is 2.65. The van der Waals surface area contributed by atoms with Gasteiger partial charge in [-0.2, -0.15) is 0 Å². The van der Waals surface area contributed by atoms with Gasteiger partial charge in [0, 0.05) is 18.8 Å². The van der Waals surface area contributed by atoms with Gasteiger partial charge in [-0.05, 0) is 30.4 Å². The van der Waals surface area contributed by atoms with Gasteiger partial charge in [-0.3, -0.25) is 0 Å². The summed E-state index contributed by atoms with van der Waals surface area (Å²) in [7, 11) is 0. The third-order valence-corrected chi connectivity index (χ3v) is 4.10. The number of hydrogen-bond acceptors (Lipinski definition) is 2. The molecule has 1 saturated heterocycles. The summed E-state index contributed by atoms with van der Waals surface area (Å²) in [6.45, 7) is 6.58. The predicted octanol–water partition coefficient (Wildman–Crippen LogP) is 4.06. The zero-order valence-electron chi connectivity index (χ0n) is 10.2. The lowest BCUT2D eigenvalue weighted by Crippen LogP contribution is -2.21. The maximum absolute atomic E-state index is 6.24. The average molecular weight is 273 g/mol. The van der Waals surface area contributed by atoms with Crippen molar-refractivity contribution in [3.63, 3.8) is 0 Å². The first-order chi connectivity index (χ1) is 7.99. The second-order valence-electron chi connectivity index (χ2n) is 5.07. The van der Waals surface area contributed by atoms with Gasteiger partial charge in [-0.1, -0.05) is 37.0 Å². The van der Waals surface area contributed by atoms with Crippen molar-refractivity contribution in [3.05, 3.63) is 22.2 Å². The summed E-state index contributed by atoms with van der Waals surface area (Å²) in [5.41, 5.74) is 7.27. The van der Waals surface area contributed by atoms with Crippen LogP contribution in [-0.2, 0) is 0 Å². The zero-order valence-corrected chi connectivity index (χ0v) is 11.7. The molecule has 0 radical (unpaired) electrons. The fourth-order valence-corrected chi connectivity index (χ4v) is 3.16. The molecule has 94 valence electrons. The van der Waals surface area contributed by atoms with Crippen LogP contribution in [0.2, 0.25) is 10.0 Å². The summed E-state index contributed by atoms with van der Waals surface area (Å²) in [6, 6.07) is 3.54. The minimum atomic E-state index is 0.614. The van der Waals surface area contributed by atoms with Crippen molar-refractivity contribution in [3.8, 4) is 0 Å². The highest BCUT2D eigenvalue weighted by Crippen LogP contribution is 2.39. The molecule has 0 bridgehead atoms. The maximum atomic E-state index is 6.24. The van der Waals surface area contributed by atoms with Gasteiger partial charge in [0.2, 0.25) is 0 Å². The van der Waals surface area contributed by atoms with E-state index in [2.05, 4.69) is 18.7 Å². The first-order valence-electron chi connectivity index (χ1n) is 5.98. The number of nitrogens with zero attached hydrogens (tertiary/aromatic N) is 1. The van der Waals surface area contributed by atoms with Crippen molar-refractivity contribution in [1.29, 1.82) is 0 Å². The predicted molar refractivity (Wildman–Crippen MR) is 76.0 cm³/mol. The Morgan fingerprint density at radius 3 is 2.35 bits per heavy atom. The number of anilines is 2. The molecule has 2 rings (SSSR count). The summed E-state index contributed by atoms with van der Waals surface area (Å²) in [5, 5.41) is 1.30. The molecule has 1 aromatic carbocycles. The van der Waals surface area contributed by atoms with Crippen LogP contribution >= 0.6 is 23.2 Å². The molecule has 4 heteroatoms. The van der Waals surface area contributed by atoms with Crippen molar-refractivity contribution < 1.29 is 0 Å². The molecule has 2 N–H and O–H groups in total. The Balaban J connectivity index is 2.25. The van der Waals surface area contributed by atoms with Crippen LogP contribution in [0.25, 0.3) is 0 Å². The Morgan fingerprint density at radius 2 is 1.88 bits per heavy atom. The van der Waals surface area contributed by atoms with Gasteiger partial charge < -0.3 is 10.6 Å². The van der Waals surface area contributed by atoms with Crippen LogP contribution in [0.5, 0.6) is 0 Å². The van der Waals surface area contributed by atoms with Crippen LogP contribution in [0.15, 0.2) is 12.1 Å². The molecule has 1 heterocycles. The summed E-state index contributed by atoms with van der Waals surface area (Å²) in [5.74, 6) is 1.42. The number of nitrogens with two attached hydrogens (primary N) is 1. The first kappa shape index (κ1) is 12.8. The standard InChI is InChI=1S/C13H18Cl2N2/c1-8(2)9-3-4-17(7-9)13-11(14)5-10(16)6-12(13)15/h5-6,8-9H,3-4,7,16H2,1-2H3. The molecule has 1 aromatic rings. The van der Waals surface area contributed by atoms with Crippen LogP contribution in [0.4, 0.5) is 11.4 Å². The minimum absolute atomic E-state index is 0.614. The summed E-state index contributed by atoms with van der Waals surface area (Å²) >= 11 is 12.5. The zero-order chi connectivity index (χ0) is 12.6. The quantitative estimate of drug-likeness (QED) is 0.823. The Labute approximate surface area is 113 Å². The summed E-state index contributed by atoms with van der Waals surface area (Å²) in [4.78, 5) is 2.27. The Bertz CT molecular complexity index is 395. The van der Waals surface area contributed by atoms with Crippen molar-refractivity contribution in [1.82, 2.24) is 0 Å². The van der Waals surface area contributed by atoms with Gasteiger partial charge in [0.05, 0.1) is 15.7 Å². The molecule has 1 fully saturated rings. The first-order valence-corrected chi connectivity index (χ1v) is 6.74. The van der Waals surface area contributed by atoms with Gasteiger partial charge in [-0.15, -0.1) is 0 Å². The van der Waals surface area contributed by atoms with Gasteiger partial charge in [0.1, 0.15) is 0 Å². The Kier molecular flexibility index (Phi) is 3.74. The normalized spacial score (nSPS) is 20.3. The SMILES string of the molecule is CC(C)C1CCN(c2c(Cl)cc(N)cc2Cl)C1. The number of rotatable bonds is 2. The van der Waals surface area contributed by atoms with Crippen molar-refractivity contribution in [2.75, 3.05) is 23.7 Å². The molecule has 1 atom stereocenters. The third kappa shape index (κ3) is 2.63. The minimum Gasteiger partial charge on any atom is -0.399 e. The van der Waals surface area contributed by atoms with Crippen molar-refractivity contribution in [2.45, 2.75) is 20.3 Å². The molecular formula is C13H18Cl2N2. The number of hydrogen-bond donors (Lipinski definition) is 1. The van der Waals surface area contributed by atoms with Crippen LogP contribution < -0.4 is 10.6 Å². The van der Waals surface area contributed by atoms with Crippen molar-refractivity contribution in [2.24, 2.45) is 11.8 Å². The molecule has 1 unspecified atom stereocenters. The lowest BCUT2D eigenvalue weighted by Gasteiger charge is -2.22. The van der Waals surface area contributed by atoms with E-state index in [1.165, 1.54) is 6.42 Å². The molecule has 17 heavy (non-hydrogen) atoms. The van der Waals surface area contributed by atoms with E-state index >= 15 is 0 Å². The molecule has 1 aliphatic rings. The molecule has 2 nitrogen and oxygen atoms in total. The lowest BCUT2D eigenvalue weighted by atomic mass is 9.95. The van der Waals surface area contributed by atoms with E-state index in [0.717, 1.165) is 24.7 Å². The van der Waals surface area contributed by atoms with Gasteiger partial charge in [0.25, 0.3) is 0 Å². The van der Waals surface area contributed by atoms with Crippen LogP contribution in [-0.4, -0.2) is 13.1 Å². The highest BCUT2D eigenvalue weighted by Gasteiger charge is 2.27. The van der Waals surface area contributed by atoms with Gasteiger partial charge in [-0.25, -0.2) is 0 Å². The van der Waals surface area contributed by atoms with E-state index in [1.807, 2.05) is 0 Å². The van der Waals surface area contributed by atoms with E-state index in [1.54, 1.807) is 12.1 Å². The molecule has 0 aromatic heterocycles. The van der Waals surface area contributed by atoms with E-state index in [-0.39, 0.29) is 0 Å². The smallest absolute Gasteiger partial charge is 0.0746 e. The monoisotopic (exact) mass is 272 g/mol. The number of benzene rings is 1. The van der Waals surface area contributed by atoms with E-state index in [4.69, 9.17) is 28.9 Å². The fourth-order valence-electron chi connectivity index (χ4n) is 2.42. The molecular weight excluding hydrogens is 255 g/mol. The van der Waals surface area contributed by atoms with Gasteiger partial charge >= 0.3 is 0 Å². The molecule has 0 spiro atoms. The highest BCUT2D eigenvalue weighted by atomic mass is 35.5. The third-order valence-electron chi connectivity index (χ3n) is 3.52. The highest BCUT2D eigenvalue weighted by molar-refractivity contribution is 6.39. The Morgan fingerprint density at radius 1 is 1.29 bits per heavy atom. The fraction of sp³-hybridized carbons (Fsp3) is 0.538. The van der Waals surface area contributed by atoms with E-state index in [9.17, 15) is 0 Å². The van der Waals surface area contributed by atoms with Crippen molar-refractivity contribution >= 4 is 34.6 Å². The maximum Gasteiger partial charge on any atom is 0.0746 e. The largest absolute Gasteiger partial charge is 0.399 e. The second kappa shape index (κ2) is 4.95. The Hall–Kier alpha value is -0.600. The summed E-state index contributed by atoms with van der Waals surface area (Å²) in [6.07, 6.45) is 1.20. The van der Waals surface area contributed by atoms with Crippen LogP contribution in [0.3, 0.4) is 0 Å². The van der Waals surface area contributed by atoms with Crippen LogP contribution in [0, 0.1) is 11.8 Å². The second-order valence-corrected chi connectivity index (χ2v) is 5.89. The lowest BCUT2D eigenvalue weighted by molar-refractivity contribution is 0.423. The van der Waals surface area contributed by atoms with E-state index in [0.29, 0.717) is 21.7 Å². The molecule has 0 amide bonds. The topological polar surface area (TPSA) is 29.3 Å². The van der Waals surface area contributed by atoms with Crippen LogP contribution in [0.1, 0.15) is 20.3 Å². The van der Waals surface area contributed by atoms with E-state index < -0.39 is 0 Å².